The molecule has 1 aliphatic heterocycles. The second kappa shape index (κ2) is 10.5. The van der Waals surface area contributed by atoms with E-state index >= 15 is 0 Å². The van der Waals surface area contributed by atoms with Gasteiger partial charge in [0.25, 0.3) is 0 Å². The molecule has 0 saturated carbocycles. The van der Waals surface area contributed by atoms with Crippen molar-refractivity contribution >= 4 is 34.6 Å². The van der Waals surface area contributed by atoms with Gasteiger partial charge in [-0.1, -0.05) is 11.6 Å². The van der Waals surface area contributed by atoms with E-state index in [1.54, 1.807) is 23.3 Å². The van der Waals surface area contributed by atoms with Gasteiger partial charge in [0.1, 0.15) is 5.76 Å². The Bertz CT molecular complexity index is 827. The summed E-state index contributed by atoms with van der Waals surface area (Å²) in [6.45, 7) is 4.94. The van der Waals surface area contributed by atoms with E-state index in [0.29, 0.717) is 32.1 Å². The van der Waals surface area contributed by atoms with Crippen molar-refractivity contribution in [3.8, 4) is 0 Å². The first-order valence-electron chi connectivity index (χ1n) is 9.58. The maximum atomic E-state index is 13.4. The number of hydrogen-bond acceptors (Lipinski definition) is 4. The van der Waals surface area contributed by atoms with E-state index in [-0.39, 0.29) is 15.8 Å². The van der Waals surface area contributed by atoms with Crippen LogP contribution in [0.5, 0.6) is 0 Å². The van der Waals surface area contributed by atoms with Crippen molar-refractivity contribution in [3.05, 3.63) is 52.9 Å². The SMILES string of the molecule is FC(F)(F)c1ccc(Cl)cc1NC(=S)N(CCCN1CCOCC1)Cc1ccco1. The number of thiocarbonyl (C=S) groups is 1. The van der Waals surface area contributed by atoms with Crippen molar-refractivity contribution in [2.24, 2.45) is 0 Å². The molecule has 0 amide bonds. The Morgan fingerprint density at radius 3 is 2.67 bits per heavy atom. The van der Waals surface area contributed by atoms with Gasteiger partial charge in [0, 0.05) is 31.2 Å². The number of benzene rings is 1. The van der Waals surface area contributed by atoms with Crippen LogP contribution in [-0.4, -0.2) is 54.3 Å². The monoisotopic (exact) mass is 461 g/mol. The van der Waals surface area contributed by atoms with E-state index < -0.39 is 11.7 Å². The molecule has 1 aromatic heterocycles. The van der Waals surface area contributed by atoms with Crippen LogP contribution in [0.15, 0.2) is 41.0 Å². The standard InChI is InChI=1S/C20H23ClF3N3O2S/c21-15-4-5-17(20(22,23)24)18(13-15)25-19(30)27(14-16-3-1-10-29-16)7-2-6-26-8-11-28-12-9-26/h1,3-5,10,13H,2,6-9,11-12,14H2,(H,25,30). The van der Waals surface area contributed by atoms with E-state index in [4.69, 9.17) is 33.0 Å². The molecule has 1 aromatic carbocycles. The van der Waals surface area contributed by atoms with Crippen LogP contribution in [0.4, 0.5) is 18.9 Å². The Morgan fingerprint density at radius 1 is 1.23 bits per heavy atom. The maximum Gasteiger partial charge on any atom is 0.418 e. The van der Waals surface area contributed by atoms with Gasteiger partial charge in [0.2, 0.25) is 0 Å². The highest BCUT2D eigenvalue weighted by Crippen LogP contribution is 2.36. The lowest BCUT2D eigenvalue weighted by Gasteiger charge is -2.29. The molecule has 0 aliphatic carbocycles. The van der Waals surface area contributed by atoms with Gasteiger partial charge in [-0.2, -0.15) is 13.2 Å². The minimum absolute atomic E-state index is 0.169. The van der Waals surface area contributed by atoms with Crippen LogP contribution < -0.4 is 5.32 Å². The van der Waals surface area contributed by atoms with Gasteiger partial charge in [-0.05, 0) is 49.0 Å². The highest BCUT2D eigenvalue weighted by Gasteiger charge is 2.34. The fourth-order valence-electron chi connectivity index (χ4n) is 3.21. The zero-order valence-corrected chi connectivity index (χ0v) is 17.8. The summed E-state index contributed by atoms with van der Waals surface area (Å²) >= 11 is 11.4. The molecule has 5 nitrogen and oxygen atoms in total. The normalized spacial score (nSPS) is 15.2. The van der Waals surface area contributed by atoms with Crippen LogP contribution in [0.1, 0.15) is 17.7 Å². The van der Waals surface area contributed by atoms with Gasteiger partial charge in [0.15, 0.2) is 5.11 Å². The van der Waals surface area contributed by atoms with E-state index in [1.165, 1.54) is 12.1 Å². The predicted octanol–water partition coefficient (Wildman–Crippen LogP) is 4.87. The number of nitrogens with one attached hydrogen (secondary N) is 1. The zero-order chi connectivity index (χ0) is 21.6. The maximum absolute atomic E-state index is 13.4. The van der Waals surface area contributed by atoms with Crippen LogP contribution in [0.2, 0.25) is 5.02 Å². The van der Waals surface area contributed by atoms with E-state index in [0.717, 1.165) is 32.1 Å². The minimum atomic E-state index is -4.52. The molecular formula is C20H23ClF3N3O2S. The zero-order valence-electron chi connectivity index (χ0n) is 16.3. The quantitative estimate of drug-likeness (QED) is 0.593. The summed E-state index contributed by atoms with van der Waals surface area (Å²) in [7, 11) is 0. The van der Waals surface area contributed by atoms with E-state index in [2.05, 4.69) is 10.2 Å². The van der Waals surface area contributed by atoms with Crippen molar-refractivity contribution in [2.45, 2.75) is 19.1 Å². The molecule has 3 rings (SSSR count). The molecule has 1 saturated heterocycles. The lowest BCUT2D eigenvalue weighted by atomic mass is 10.1. The number of nitrogens with zero attached hydrogens (tertiary/aromatic N) is 2. The van der Waals surface area contributed by atoms with Crippen LogP contribution in [0.25, 0.3) is 0 Å². The first-order chi connectivity index (χ1) is 14.3. The molecule has 10 heteroatoms. The molecular weight excluding hydrogens is 439 g/mol. The molecule has 2 heterocycles. The lowest BCUT2D eigenvalue weighted by molar-refractivity contribution is -0.136. The summed E-state index contributed by atoms with van der Waals surface area (Å²) in [5.74, 6) is 0.674. The molecule has 1 N–H and O–H groups in total. The Labute approximate surface area is 183 Å². The number of morpholine rings is 1. The molecule has 0 bridgehead atoms. The predicted molar refractivity (Wildman–Crippen MR) is 114 cm³/mol. The van der Waals surface area contributed by atoms with Gasteiger partial charge < -0.3 is 19.4 Å². The number of alkyl halides is 3. The molecule has 1 fully saturated rings. The number of rotatable bonds is 7. The smallest absolute Gasteiger partial charge is 0.418 e. The number of ether oxygens (including phenoxy) is 1. The fourth-order valence-corrected chi connectivity index (χ4v) is 3.65. The average Bonchev–Trinajstić information content (AvgIpc) is 3.20. The Morgan fingerprint density at radius 2 is 2.00 bits per heavy atom. The third-order valence-electron chi connectivity index (χ3n) is 4.75. The Hall–Kier alpha value is -1.81. The Balaban J connectivity index is 1.69. The van der Waals surface area contributed by atoms with Crippen molar-refractivity contribution in [3.63, 3.8) is 0 Å². The van der Waals surface area contributed by atoms with Crippen molar-refractivity contribution in [2.75, 3.05) is 44.7 Å². The molecule has 0 spiro atoms. The second-order valence-electron chi connectivity index (χ2n) is 6.93. The van der Waals surface area contributed by atoms with Crippen molar-refractivity contribution in [1.82, 2.24) is 9.80 Å². The van der Waals surface area contributed by atoms with Crippen LogP contribution in [0, 0.1) is 0 Å². The minimum Gasteiger partial charge on any atom is -0.467 e. The fraction of sp³-hybridized carbons (Fsp3) is 0.450. The van der Waals surface area contributed by atoms with Gasteiger partial charge in [-0.25, -0.2) is 0 Å². The Kier molecular flexibility index (Phi) is 7.99. The summed E-state index contributed by atoms with van der Waals surface area (Å²) < 4.78 is 50.9. The molecule has 0 radical (unpaired) electrons. The molecule has 164 valence electrons. The number of halogens is 4. The third-order valence-corrected chi connectivity index (χ3v) is 5.34. The molecule has 0 unspecified atom stereocenters. The second-order valence-corrected chi connectivity index (χ2v) is 7.75. The summed E-state index contributed by atoms with van der Waals surface area (Å²) in [4.78, 5) is 4.10. The molecule has 30 heavy (non-hydrogen) atoms. The largest absolute Gasteiger partial charge is 0.467 e. The summed E-state index contributed by atoms with van der Waals surface area (Å²) in [6.07, 6.45) is -2.18. The highest BCUT2D eigenvalue weighted by atomic mass is 35.5. The van der Waals surface area contributed by atoms with Gasteiger partial charge in [-0.3, -0.25) is 4.90 Å². The van der Waals surface area contributed by atoms with Crippen molar-refractivity contribution in [1.29, 1.82) is 0 Å². The van der Waals surface area contributed by atoms with E-state index in [1.807, 2.05) is 0 Å². The first-order valence-corrected chi connectivity index (χ1v) is 10.4. The molecule has 1 aliphatic rings. The summed E-state index contributed by atoms with van der Waals surface area (Å²) in [5.41, 5.74) is -0.988. The van der Waals surface area contributed by atoms with Crippen molar-refractivity contribution < 1.29 is 22.3 Å². The number of anilines is 1. The third kappa shape index (κ3) is 6.60. The number of hydrogen-bond donors (Lipinski definition) is 1. The van der Waals surface area contributed by atoms with Gasteiger partial charge in [-0.15, -0.1) is 0 Å². The van der Waals surface area contributed by atoms with Crippen LogP contribution >= 0.6 is 23.8 Å². The van der Waals surface area contributed by atoms with Gasteiger partial charge in [0.05, 0.1) is 37.3 Å². The van der Waals surface area contributed by atoms with Crippen LogP contribution in [0.3, 0.4) is 0 Å². The molecule has 0 atom stereocenters. The highest BCUT2D eigenvalue weighted by molar-refractivity contribution is 7.80. The first kappa shape index (κ1) is 22.9. The van der Waals surface area contributed by atoms with E-state index in [9.17, 15) is 13.2 Å². The van der Waals surface area contributed by atoms with Gasteiger partial charge >= 0.3 is 6.18 Å². The lowest BCUT2D eigenvalue weighted by Crippen LogP contribution is -2.40. The number of furan rings is 1. The summed E-state index contributed by atoms with van der Waals surface area (Å²) in [6, 6.07) is 6.95. The molecule has 2 aromatic rings. The summed E-state index contributed by atoms with van der Waals surface area (Å²) in [5, 5.41) is 3.11. The average molecular weight is 462 g/mol. The van der Waals surface area contributed by atoms with Crippen LogP contribution in [-0.2, 0) is 17.5 Å². The topological polar surface area (TPSA) is 40.9 Å².